The molecule has 2 rings (SSSR count). The summed E-state index contributed by atoms with van der Waals surface area (Å²) in [6.07, 6.45) is 2.41. The Balaban J connectivity index is 2.12. The van der Waals surface area contributed by atoms with Crippen molar-refractivity contribution in [2.24, 2.45) is 0 Å². The Morgan fingerprint density at radius 2 is 2.29 bits per heavy atom. The number of likely N-dealkylation sites (N-methyl/N-ethyl adjacent to an activating group) is 1. The molecule has 1 unspecified atom stereocenters. The number of aryl methyl sites for hydroxylation is 1. The van der Waals surface area contributed by atoms with E-state index < -0.39 is 0 Å². The Morgan fingerprint density at radius 3 is 3.00 bits per heavy atom. The first-order chi connectivity index (χ1) is 8.19. The van der Waals surface area contributed by atoms with E-state index in [9.17, 15) is 0 Å². The topological polar surface area (TPSA) is 39.1 Å². The average molecular weight is 229 g/mol. The summed E-state index contributed by atoms with van der Waals surface area (Å²) in [5, 5.41) is 12.6. The second-order valence-corrected chi connectivity index (χ2v) is 4.91. The van der Waals surface area contributed by atoms with Crippen molar-refractivity contribution >= 4 is 5.69 Å². The molecule has 17 heavy (non-hydrogen) atoms. The van der Waals surface area contributed by atoms with Crippen LogP contribution in [0.5, 0.6) is 0 Å². The first-order valence-electron chi connectivity index (χ1n) is 6.15. The number of hydrogen-bond acceptors (Lipinski definition) is 3. The molecule has 3 heteroatoms. The van der Waals surface area contributed by atoms with Crippen molar-refractivity contribution in [1.29, 1.82) is 5.26 Å². The van der Waals surface area contributed by atoms with Crippen LogP contribution in [0.3, 0.4) is 0 Å². The van der Waals surface area contributed by atoms with Gasteiger partial charge < -0.3 is 10.2 Å². The van der Waals surface area contributed by atoms with Gasteiger partial charge >= 0.3 is 0 Å². The summed E-state index contributed by atoms with van der Waals surface area (Å²) in [4.78, 5) is 2.34. The molecule has 0 bridgehead atoms. The lowest BCUT2D eigenvalue weighted by molar-refractivity contribution is 0.261. The molecule has 1 aromatic rings. The smallest absolute Gasteiger partial charge is 0.101 e. The largest absolute Gasteiger partial charge is 0.380 e. The summed E-state index contributed by atoms with van der Waals surface area (Å²) < 4.78 is 0. The Labute approximate surface area is 103 Å². The maximum absolute atomic E-state index is 9.09. The van der Waals surface area contributed by atoms with Gasteiger partial charge in [-0.25, -0.2) is 0 Å². The molecule has 1 saturated heterocycles. The van der Waals surface area contributed by atoms with E-state index in [4.69, 9.17) is 5.26 Å². The van der Waals surface area contributed by atoms with Crippen LogP contribution in [0.1, 0.15) is 24.0 Å². The number of rotatable bonds is 2. The zero-order valence-electron chi connectivity index (χ0n) is 10.5. The zero-order valence-corrected chi connectivity index (χ0v) is 10.5. The van der Waals surface area contributed by atoms with Crippen molar-refractivity contribution in [3.05, 3.63) is 29.3 Å². The molecule has 0 aromatic heterocycles. The molecule has 0 aliphatic carbocycles. The predicted octanol–water partition coefficient (Wildman–Crippen LogP) is 2.37. The monoisotopic (exact) mass is 229 g/mol. The maximum atomic E-state index is 9.09. The predicted molar refractivity (Wildman–Crippen MR) is 70.0 cm³/mol. The molecular weight excluding hydrogens is 210 g/mol. The molecule has 90 valence electrons. The van der Waals surface area contributed by atoms with Gasteiger partial charge in [-0.05, 0) is 51.1 Å². The van der Waals surface area contributed by atoms with E-state index >= 15 is 0 Å². The van der Waals surface area contributed by atoms with Gasteiger partial charge in [-0.1, -0.05) is 6.07 Å². The normalized spacial score (nSPS) is 20.9. The lowest BCUT2D eigenvalue weighted by Gasteiger charge is -2.31. The molecule has 3 nitrogen and oxygen atoms in total. The van der Waals surface area contributed by atoms with Gasteiger partial charge in [0.25, 0.3) is 0 Å². The Morgan fingerprint density at radius 1 is 1.47 bits per heavy atom. The minimum atomic E-state index is 0.461. The van der Waals surface area contributed by atoms with Crippen molar-refractivity contribution in [3.8, 4) is 6.07 Å². The molecule has 1 fully saturated rings. The first-order valence-corrected chi connectivity index (χ1v) is 6.15. The van der Waals surface area contributed by atoms with E-state index in [-0.39, 0.29) is 0 Å². The lowest BCUT2D eigenvalue weighted by Crippen LogP contribution is -2.39. The van der Waals surface area contributed by atoms with Gasteiger partial charge in [-0.15, -0.1) is 0 Å². The second kappa shape index (κ2) is 5.20. The Bertz CT molecular complexity index is 434. The Kier molecular flexibility index (Phi) is 3.65. The van der Waals surface area contributed by atoms with Gasteiger partial charge in [0, 0.05) is 12.6 Å². The molecule has 0 saturated carbocycles. The van der Waals surface area contributed by atoms with Gasteiger partial charge in [0.2, 0.25) is 0 Å². The number of nitrogens with one attached hydrogen (secondary N) is 1. The number of anilines is 1. The van der Waals surface area contributed by atoms with Gasteiger partial charge in [-0.3, -0.25) is 0 Å². The SMILES string of the molecule is Cc1ccc(C#N)c(NC2CCCN(C)C2)c1. The van der Waals surface area contributed by atoms with Gasteiger partial charge in [0.05, 0.1) is 11.3 Å². The third-order valence-corrected chi connectivity index (χ3v) is 3.28. The molecule has 1 aromatic carbocycles. The molecule has 0 radical (unpaired) electrons. The number of likely N-dealkylation sites (tertiary alicyclic amines) is 1. The van der Waals surface area contributed by atoms with Crippen LogP contribution in [-0.4, -0.2) is 31.1 Å². The number of benzene rings is 1. The summed E-state index contributed by atoms with van der Waals surface area (Å²) in [6.45, 7) is 4.29. The van der Waals surface area contributed by atoms with Crippen LogP contribution in [0.15, 0.2) is 18.2 Å². The third-order valence-electron chi connectivity index (χ3n) is 3.28. The van der Waals surface area contributed by atoms with Crippen LogP contribution in [-0.2, 0) is 0 Å². The summed E-state index contributed by atoms with van der Waals surface area (Å²) >= 11 is 0. The Hall–Kier alpha value is -1.53. The molecule has 1 aliphatic heterocycles. The van der Waals surface area contributed by atoms with Crippen LogP contribution >= 0.6 is 0 Å². The van der Waals surface area contributed by atoms with Crippen molar-refractivity contribution in [1.82, 2.24) is 4.90 Å². The summed E-state index contributed by atoms with van der Waals surface area (Å²) in [5.41, 5.74) is 2.91. The van der Waals surface area contributed by atoms with E-state index in [0.717, 1.165) is 17.8 Å². The number of hydrogen-bond donors (Lipinski definition) is 1. The van der Waals surface area contributed by atoms with E-state index in [2.05, 4.69) is 36.3 Å². The van der Waals surface area contributed by atoms with E-state index in [1.807, 2.05) is 12.1 Å². The molecule has 1 atom stereocenters. The highest BCUT2D eigenvalue weighted by Gasteiger charge is 2.17. The molecule has 1 aliphatic rings. The zero-order chi connectivity index (χ0) is 12.3. The van der Waals surface area contributed by atoms with Gasteiger partial charge in [-0.2, -0.15) is 5.26 Å². The van der Waals surface area contributed by atoms with Crippen LogP contribution in [0.4, 0.5) is 5.69 Å². The highest BCUT2D eigenvalue weighted by Crippen LogP contribution is 2.20. The second-order valence-electron chi connectivity index (χ2n) is 4.91. The third kappa shape index (κ3) is 2.98. The van der Waals surface area contributed by atoms with Crippen molar-refractivity contribution in [2.45, 2.75) is 25.8 Å². The molecule has 1 N–H and O–H groups in total. The standard InChI is InChI=1S/C14H19N3/c1-11-5-6-12(9-15)14(8-11)16-13-4-3-7-17(2)10-13/h5-6,8,13,16H,3-4,7,10H2,1-2H3. The summed E-state index contributed by atoms with van der Waals surface area (Å²) in [6, 6.07) is 8.65. The number of nitriles is 1. The fraction of sp³-hybridized carbons (Fsp3) is 0.500. The van der Waals surface area contributed by atoms with Crippen LogP contribution < -0.4 is 5.32 Å². The van der Waals surface area contributed by atoms with E-state index in [0.29, 0.717) is 6.04 Å². The van der Waals surface area contributed by atoms with Gasteiger partial charge in [0.15, 0.2) is 0 Å². The lowest BCUT2D eigenvalue weighted by atomic mass is 10.0. The molecule has 0 spiro atoms. The minimum Gasteiger partial charge on any atom is -0.380 e. The highest BCUT2D eigenvalue weighted by atomic mass is 15.1. The molecule has 0 amide bonds. The van der Waals surface area contributed by atoms with Crippen molar-refractivity contribution in [3.63, 3.8) is 0 Å². The summed E-state index contributed by atoms with van der Waals surface area (Å²) in [5.74, 6) is 0. The quantitative estimate of drug-likeness (QED) is 0.846. The number of nitrogens with zero attached hydrogens (tertiary/aromatic N) is 2. The fourth-order valence-corrected chi connectivity index (χ4v) is 2.38. The average Bonchev–Trinajstić information content (AvgIpc) is 2.29. The molecule has 1 heterocycles. The maximum Gasteiger partial charge on any atom is 0.101 e. The minimum absolute atomic E-state index is 0.461. The summed E-state index contributed by atoms with van der Waals surface area (Å²) in [7, 11) is 2.15. The van der Waals surface area contributed by atoms with Gasteiger partial charge in [0.1, 0.15) is 6.07 Å². The highest BCUT2D eigenvalue weighted by molar-refractivity contribution is 5.59. The van der Waals surface area contributed by atoms with Crippen LogP contribution in [0, 0.1) is 18.3 Å². The molecular formula is C14H19N3. The first kappa shape index (κ1) is 11.9. The fourth-order valence-electron chi connectivity index (χ4n) is 2.38. The van der Waals surface area contributed by atoms with E-state index in [1.165, 1.54) is 24.9 Å². The number of piperidine rings is 1. The van der Waals surface area contributed by atoms with Crippen molar-refractivity contribution in [2.75, 3.05) is 25.5 Å². The van der Waals surface area contributed by atoms with Crippen molar-refractivity contribution < 1.29 is 0 Å². The van der Waals surface area contributed by atoms with Crippen LogP contribution in [0.2, 0.25) is 0 Å². The van der Waals surface area contributed by atoms with E-state index in [1.54, 1.807) is 0 Å². The van der Waals surface area contributed by atoms with Crippen LogP contribution in [0.25, 0.3) is 0 Å².